The van der Waals surface area contributed by atoms with Gasteiger partial charge in [-0.15, -0.1) is 0 Å². The Hall–Kier alpha value is -7.68. The highest BCUT2D eigenvalue weighted by atomic mass is 15.1. The van der Waals surface area contributed by atoms with Crippen LogP contribution in [0.5, 0.6) is 0 Å². The molecule has 1 aromatic heterocycles. The summed E-state index contributed by atoms with van der Waals surface area (Å²) in [6, 6.07) is 83.9. The quantitative estimate of drug-likeness (QED) is 0.149. The maximum Gasteiger partial charge on any atom is 0.0619 e. The number of fused-ring (bicyclic) bond motifs is 4. The number of para-hydroxylation sites is 1. The summed E-state index contributed by atoms with van der Waals surface area (Å²) in [5.41, 5.74) is 20.4. The SMILES string of the molecule is CC1(C)c2cc(N(c3ccc(-c4ccccc4)cc3)c3ccc(-c4ccccc4)cc3)ccc2-c2ccc(-n3c(-c4ccccc4)c(-c4ccccc4)c4ccccc43)cc21. The fourth-order valence-electron chi connectivity index (χ4n) is 9.58. The fourth-order valence-corrected chi connectivity index (χ4v) is 9.58. The highest BCUT2D eigenvalue weighted by Crippen LogP contribution is 2.52. The van der Waals surface area contributed by atoms with Crippen molar-refractivity contribution in [3.8, 4) is 61.5 Å². The Bertz CT molecular complexity index is 3080. The third-order valence-corrected chi connectivity index (χ3v) is 12.6. The molecule has 0 unspecified atom stereocenters. The number of hydrogen-bond donors (Lipinski definition) is 0. The van der Waals surface area contributed by atoms with Crippen LogP contribution >= 0.6 is 0 Å². The van der Waals surface area contributed by atoms with Gasteiger partial charge in [-0.2, -0.15) is 0 Å². The van der Waals surface area contributed by atoms with Crippen LogP contribution in [0.4, 0.5) is 17.1 Å². The summed E-state index contributed by atoms with van der Waals surface area (Å²) in [5.74, 6) is 0. The molecule has 0 spiro atoms. The van der Waals surface area contributed by atoms with Crippen LogP contribution in [-0.4, -0.2) is 4.57 Å². The zero-order valence-corrected chi connectivity index (χ0v) is 34.3. The second kappa shape index (κ2) is 14.9. The Morgan fingerprint density at radius 2 is 0.787 bits per heavy atom. The van der Waals surface area contributed by atoms with Gasteiger partial charge in [-0.05, 0) is 110 Å². The molecular weight excluding hydrogens is 737 g/mol. The monoisotopic (exact) mass is 780 g/mol. The van der Waals surface area contributed by atoms with E-state index in [1.54, 1.807) is 0 Å². The van der Waals surface area contributed by atoms with E-state index in [1.165, 1.54) is 77.8 Å². The van der Waals surface area contributed by atoms with Crippen LogP contribution in [0.15, 0.2) is 231 Å². The summed E-state index contributed by atoms with van der Waals surface area (Å²) in [5, 5.41) is 1.24. The van der Waals surface area contributed by atoms with Gasteiger partial charge < -0.3 is 9.47 Å². The number of nitrogens with zero attached hydrogens (tertiary/aromatic N) is 2. The molecule has 0 atom stereocenters. The van der Waals surface area contributed by atoms with Crippen LogP contribution in [0.1, 0.15) is 25.0 Å². The first-order valence-electron chi connectivity index (χ1n) is 21.2. The smallest absolute Gasteiger partial charge is 0.0619 e. The van der Waals surface area contributed by atoms with E-state index in [4.69, 9.17) is 0 Å². The molecule has 11 rings (SSSR count). The van der Waals surface area contributed by atoms with Crippen molar-refractivity contribution in [3.63, 3.8) is 0 Å². The fraction of sp³-hybridized carbons (Fsp3) is 0.0508. The zero-order chi connectivity index (χ0) is 40.9. The van der Waals surface area contributed by atoms with Gasteiger partial charge in [0.2, 0.25) is 0 Å². The van der Waals surface area contributed by atoms with Crippen molar-refractivity contribution in [2.75, 3.05) is 4.90 Å². The first-order valence-corrected chi connectivity index (χ1v) is 21.2. The third kappa shape index (κ3) is 6.27. The lowest BCUT2D eigenvalue weighted by molar-refractivity contribution is 0.660. The highest BCUT2D eigenvalue weighted by molar-refractivity contribution is 6.06. The number of hydrogen-bond acceptors (Lipinski definition) is 1. The van der Waals surface area contributed by atoms with E-state index in [0.29, 0.717) is 0 Å². The number of anilines is 3. The van der Waals surface area contributed by atoms with Crippen molar-refractivity contribution in [1.82, 2.24) is 4.57 Å². The van der Waals surface area contributed by atoms with Crippen LogP contribution in [0.25, 0.3) is 72.4 Å². The van der Waals surface area contributed by atoms with Gasteiger partial charge in [-0.1, -0.05) is 190 Å². The van der Waals surface area contributed by atoms with Crippen molar-refractivity contribution in [2.45, 2.75) is 19.3 Å². The Labute approximate surface area is 358 Å². The van der Waals surface area contributed by atoms with Gasteiger partial charge in [0.25, 0.3) is 0 Å². The Morgan fingerprint density at radius 3 is 1.34 bits per heavy atom. The summed E-state index contributed by atoms with van der Waals surface area (Å²) >= 11 is 0. The van der Waals surface area contributed by atoms with E-state index in [2.05, 4.69) is 254 Å². The molecule has 0 aliphatic heterocycles. The molecule has 9 aromatic carbocycles. The van der Waals surface area contributed by atoms with Crippen LogP contribution in [0.3, 0.4) is 0 Å². The first kappa shape index (κ1) is 36.4. The van der Waals surface area contributed by atoms with E-state index >= 15 is 0 Å². The zero-order valence-electron chi connectivity index (χ0n) is 34.3. The Balaban J connectivity index is 1.03. The minimum absolute atomic E-state index is 0.255. The van der Waals surface area contributed by atoms with Gasteiger partial charge >= 0.3 is 0 Å². The summed E-state index contributed by atoms with van der Waals surface area (Å²) in [6.45, 7) is 4.78. The number of aromatic nitrogens is 1. The second-order valence-corrected chi connectivity index (χ2v) is 16.6. The number of benzene rings is 9. The third-order valence-electron chi connectivity index (χ3n) is 12.6. The van der Waals surface area contributed by atoms with E-state index in [9.17, 15) is 0 Å². The molecule has 2 nitrogen and oxygen atoms in total. The largest absolute Gasteiger partial charge is 0.310 e. The van der Waals surface area contributed by atoms with Crippen LogP contribution in [0.2, 0.25) is 0 Å². The topological polar surface area (TPSA) is 8.17 Å². The molecule has 0 N–H and O–H groups in total. The van der Waals surface area contributed by atoms with E-state index < -0.39 is 0 Å². The first-order chi connectivity index (χ1) is 30.0. The molecule has 61 heavy (non-hydrogen) atoms. The molecule has 10 aromatic rings. The predicted octanol–water partition coefficient (Wildman–Crippen LogP) is 16.1. The molecule has 1 heterocycles. The second-order valence-electron chi connectivity index (χ2n) is 16.6. The molecule has 0 fully saturated rings. The van der Waals surface area contributed by atoms with Crippen molar-refractivity contribution >= 4 is 28.0 Å². The van der Waals surface area contributed by atoms with Crippen molar-refractivity contribution in [1.29, 1.82) is 0 Å². The molecule has 0 saturated carbocycles. The molecule has 0 saturated heterocycles. The normalized spacial score (nSPS) is 12.6. The molecule has 2 heteroatoms. The van der Waals surface area contributed by atoms with E-state index in [1.807, 2.05) is 0 Å². The van der Waals surface area contributed by atoms with Gasteiger partial charge in [0.15, 0.2) is 0 Å². The van der Waals surface area contributed by atoms with E-state index in [0.717, 1.165) is 22.7 Å². The van der Waals surface area contributed by atoms with Gasteiger partial charge in [0, 0.05) is 39.1 Å². The van der Waals surface area contributed by atoms with Crippen molar-refractivity contribution in [2.24, 2.45) is 0 Å². The van der Waals surface area contributed by atoms with Gasteiger partial charge in [0.05, 0.1) is 11.2 Å². The minimum Gasteiger partial charge on any atom is -0.310 e. The molecule has 290 valence electrons. The predicted molar refractivity (Wildman–Crippen MR) is 257 cm³/mol. The molecule has 1 aliphatic carbocycles. The lowest BCUT2D eigenvalue weighted by atomic mass is 9.82. The van der Waals surface area contributed by atoms with E-state index in [-0.39, 0.29) is 5.41 Å². The van der Waals surface area contributed by atoms with Crippen LogP contribution in [-0.2, 0) is 5.41 Å². The van der Waals surface area contributed by atoms with Crippen LogP contribution < -0.4 is 4.90 Å². The van der Waals surface area contributed by atoms with Gasteiger partial charge in [0.1, 0.15) is 0 Å². The number of rotatable bonds is 8. The minimum atomic E-state index is -0.255. The maximum atomic E-state index is 2.48. The summed E-state index contributed by atoms with van der Waals surface area (Å²) in [4.78, 5) is 2.40. The molecule has 0 amide bonds. The van der Waals surface area contributed by atoms with Crippen LogP contribution in [0, 0.1) is 0 Å². The lowest BCUT2D eigenvalue weighted by Crippen LogP contribution is -2.17. The summed E-state index contributed by atoms with van der Waals surface area (Å²) < 4.78 is 2.48. The Kier molecular flexibility index (Phi) is 8.86. The maximum absolute atomic E-state index is 2.48. The lowest BCUT2D eigenvalue weighted by Gasteiger charge is -2.28. The highest BCUT2D eigenvalue weighted by Gasteiger charge is 2.37. The summed E-state index contributed by atoms with van der Waals surface area (Å²) in [6.07, 6.45) is 0. The van der Waals surface area contributed by atoms with Gasteiger partial charge in [-0.3, -0.25) is 0 Å². The molecule has 0 bridgehead atoms. The molecule has 0 radical (unpaired) electrons. The summed E-state index contributed by atoms with van der Waals surface area (Å²) in [7, 11) is 0. The average Bonchev–Trinajstić information content (AvgIpc) is 3.79. The Morgan fingerprint density at radius 1 is 0.361 bits per heavy atom. The molecule has 1 aliphatic rings. The molecular formula is C59H44N2. The van der Waals surface area contributed by atoms with Crippen molar-refractivity contribution in [3.05, 3.63) is 242 Å². The standard InChI is InChI=1S/C59H44N2/c1-59(2)54-39-49(60(47-31-27-43(28-32-47)41-17-7-3-8-18-41)48-33-29-44(30-34-48)42-19-9-4-10-20-42)35-37-51(54)52-38-36-50(40-55(52)59)61-56-26-16-15-25-53(56)57(45-21-11-5-12-22-45)58(61)46-23-13-6-14-24-46/h3-40H,1-2H3. The average molecular weight is 781 g/mol. The van der Waals surface area contributed by atoms with Gasteiger partial charge in [-0.25, -0.2) is 0 Å². The van der Waals surface area contributed by atoms with Crippen molar-refractivity contribution < 1.29 is 0 Å².